The second-order valence-electron chi connectivity index (χ2n) is 5.51. The van der Waals surface area contributed by atoms with Crippen molar-refractivity contribution in [1.82, 2.24) is 0 Å². The highest BCUT2D eigenvalue weighted by atomic mass is 16.5. The lowest BCUT2D eigenvalue weighted by molar-refractivity contribution is 0.0600. The molecule has 3 nitrogen and oxygen atoms in total. The van der Waals surface area contributed by atoms with E-state index < -0.39 is 0 Å². The number of allylic oxidation sites excluding steroid dienone is 1. The van der Waals surface area contributed by atoms with E-state index in [0.717, 1.165) is 17.2 Å². The number of hydrogen-bond acceptors (Lipinski definition) is 3. The second-order valence-corrected chi connectivity index (χ2v) is 5.51. The summed E-state index contributed by atoms with van der Waals surface area (Å²) in [5, 5.41) is 3.60. The van der Waals surface area contributed by atoms with E-state index in [1.807, 2.05) is 25.1 Å². The van der Waals surface area contributed by atoms with Crippen molar-refractivity contribution in [3.63, 3.8) is 0 Å². The first-order valence-electron chi connectivity index (χ1n) is 6.81. The average molecular weight is 257 g/mol. The molecule has 100 valence electrons. The van der Waals surface area contributed by atoms with Gasteiger partial charge in [-0.25, -0.2) is 4.79 Å². The van der Waals surface area contributed by atoms with Gasteiger partial charge >= 0.3 is 5.97 Å². The number of carbonyl (C=O) groups is 1. The van der Waals surface area contributed by atoms with Crippen LogP contribution in [0.2, 0.25) is 0 Å². The molecule has 3 atom stereocenters. The third kappa shape index (κ3) is 2.14. The van der Waals surface area contributed by atoms with E-state index in [1.54, 1.807) is 0 Å². The molecule has 3 unspecified atom stereocenters. The summed E-state index contributed by atoms with van der Waals surface area (Å²) in [6.45, 7) is 2.02. The van der Waals surface area contributed by atoms with E-state index in [0.29, 0.717) is 17.5 Å². The summed E-state index contributed by atoms with van der Waals surface area (Å²) in [4.78, 5) is 11.5. The van der Waals surface area contributed by atoms with Gasteiger partial charge in [0.15, 0.2) is 0 Å². The fourth-order valence-electron chi connectivity index (χ4n) is 3.15. The molecule has 1 fully saturated rings. The zero-order chi connectivity index (χ0) is 13.4. The normalized spacial score (nSPS) is 27.6. The quantitative estimate of drug-likeness (QED) is 0.667. The van der Waals surface area contributed by atoms with Crippen LogP contribution in [0.4, 0.5) is 5.69 Å². The van der Waals surface area contributed by atoms with Gasteiger partial charge < -0.3 is 10.1 Å². The molecule has 0 spiro atoms. The molecule has 19 heavy (non-hydrogen) atoms. The molecule has 0 bridgehead atoms. The van der Waals surface area contributed by atoms with Crippen LogP contribution in [0.15, 0.2) is 30.4 Å². The number of hydrogen-bond donors (Lipinski definition) is 1. The van der Waals surface area contributed by atoms with Gasteiger partial charge in [-0.15, -0.1) is 0 Å². The number of nitrogens with one attached hydrogen (secondary N) is 1. The lowest BCUT2D eigenvalue weighted by atomic mass is 9.71. The predicted molar refractivity (Wildman–Crippen MR) is 75.3 cm³/mol. The molecule has 0 aromatic heterocycles. The summed E-state index contributed by atoms with van der Waals surface area (Å²) in [6.07, 6.45) is 7.12. The molecule has 3 rings (SSSR count). The summed E-state index contributed by atoms with van der Waals surface area (Å²) in [7, 11) is 1.41. The third-order valence-corrected chi connectivity index (χ3v) is 4.35. The predicted octanol–water partition coefficient (Wildman–Crippen LogP) is 3.16. The Balaban J connectivity index is 1.71. The minimum Gasteiger partial charge on any atom is -0.465 e. The first kappa shape index (κ1) is 12.3. The number of rotatable bonds is 3. The minimum atomic E-state index is -0.280. The van der Waals surface area contributed by atoms with Crippen LogP contribution in [0.3, 0.4) is 0 Å². The van der Waals surface area contributed by atoms with Crippen molar-refractivity contribution in [2.45, 2.75) is 25.8 Å². The van der Waals surface area contributed by atoms with Crippen molar-refractivity contribution < 1.29 is 9.53 Å². The smallest absolute Gasteiger partial charge is 0.337 e. The first-order chi connectivity index (χ1) is 9.19. The number of benzene rings is 1. The van der Waals surface area contributed by atoms with Crippen molar-refractivity contribution >= 4 is 11.7 Å². The van der Waals surface area contributed by atoms with E-state index in [1.165, 1.54) is 20.0 Å². The van der Waals surface area contributed by atoms with Gasteiger partial charge in [0.25, 0.3) is 0 Å². The second kappa shape index (κ2) is 4.72. The monoisotopic (exact) mass is 257 g/mol. The highest BCUT2D eigenvalue weighted by Gasteiger charge is 2.40. The Morgan fingerprint density at radius 1 is 1.42 bits per heavy atom. The maximum Gasteiger partial charge on any atom is 0.337 e. The summed E-state index contributed by atoms with van der Waals surface area (Å²) in [6, 6.07) is 6.23. The molecule has 2 aliphatic rings. The highest BCUT2D eigenvalue weighted by molar-refractivity contribution is 5.90. The summed E-state index contributed by atoms with van der Waals surface area (Å²) in [5.74, 6) is 1.27. The minimum absolute atomic E-state index is 0.280. The summed E-state index contributed by atoms with van der Waals surface area (Å²) in [5.41, 5.74) is 2.82. The Morgan fingerprint density at radius 2 is 2.26 bits per heavy atom. The first-order valence-corrected chi connectivity index (χ1v) is 6.81. The molecule has 0 amide bonds. The lowest BCUT2D eigenvalue weighted by Crippen LogP contribution is -2.43. The molecule has 1 saturated carbocycles. The Morgan fingerprint density at radius 3 is 2.95 bits per heavy atom. The molecule has 1 aromatic carbocycles. The zero-order valence-corrected chi connectivity index (χ0v) is 11.3. The van der Waals surface area contributed by atoms with Crippen LogP contribution < -0.4 is 5.32 Å². The Kier molecular flexibility index (Phi) is 3.05. The maximum atomic E-state index is 11.5. The molecule has 0 radical (unpaired) electrons. The van der Waals surface area contributed by atoms with Gasteiger partial charge in [0.05, 0.1) is 12.7 Å². The van der Waals surface area contributed by atoms with Crippen LogP contribution >= 0.6 is 0 Å². The number of ether oxygens (including phenoxy) is 1. The van der Waals surface area contributed by atoms with E-state index in [9.17, 15) is 4.79 Å². The summed E-state index contributed by atoms with van der Waals surface area (Å²) >= 11 is 0. The Hall–Kier alpha value is -1.77. The molecule has 1 N–H and O–H groups in total. The molecule has 2 aliphatic carbocycles. The fourth-order valence-corrected chi connectivity index (χ4v) is 3.15. The van der Waals surface area contributed by atoms with Crippen LogP contribution in [0.1, 0.15) is 28.8 Å². The number of methoxy groups -OCH3 is 1. The molecular weight excluding hydrogens is 238 g/mol. The van der Waals surface area contributed by atoms with Gasteiger partial charge in [-0.05, 0) is 49.4 Å². The maximum absolute atomic E-state index is 11.5. The molecular formula is C16H19NO2. The van der Waals surface area contributed by atoms with Gasteiger partial charge in [0, 0.05) is 17.6 Å². The average Bonchev–Trinajstić information content (AvgIpc) is 2.77. The third-order valence-electron chi connectivity index (χ3n) is 4.35. The van der Waals surface area contributed by atoms with E-state index in [-0.39, 0.29) is 5.97 Å². The van der Waals surface area contributed by atoms with Crippen molar-refractivity contribution in [3.05, 3.63) is 41.5 Å². The van der Waals surface area contributed by atoms with Gasteiger partial charge in [0.2, 0.25) is 0 Å². The van der Waals surface area contributed by atoms with Gasteiger partial charge in [-0.1, -0.05) is 12.2 Å². The molecule has 0 aliphatic heterocycles. The van der Waals surface area contributed by atoms with Crippen molar-refractivity contribution in [1.29, 1.82) is 0 Å². The van der Waals surface area contributed by atoms with E-state index in [2.05, 4.69) is 17.5 Å². The van der Waals surface area contributed by atoms with Crippen LogP contribution in [0, 0.1) is 18.8 Å². The topological polar surface area (TPSA) is 38.3 Å². The Labute approximate surface area is 113 Å². The lowest BCUT2D eigenvalue weighted by Gasteiger charge is -2.41. The Bertz CT molecular complexity index is 536. The number of aryl methyl sites for hydroxylation is 1. The number of anilines is 1. The molecule has 3 heteroatoms. The molecule has 0 saturated heterocycles. The van der Waals surface area contributed by atoms with Crippen LogP contribution in [0.5, 0.6) is 0 Å². The van der Waals surface area contributed by atoms with E-state index >= 15 is 0 Å². The number of fused-ring (bicyclic) bond motifs is 1. The number of esters is 1. The zero-order valence-electron chi connectivity index (χ0n) is 11.3. The van der Waals surface area contributed by atoms with Gasteiger partial charge in [-0.3, -0.25) is 0 Å². The van der Waals surface area contributed by atoms with E-state index in [4.69, 9.17) is 4.74 Å². The fraction of sp³-hybridized carbons (Fsp3) is 0.438. The molecule has 0 heterocycles. The van der Waals surface area contributed by atoms with Crippen molar-refractivity contribution in [2.24, 2.45) is 11.8 Å². The van der Waals surface area contributed by atoms with Gasteiger partial charge in [0.1, 0.15) is 0 Å². The van der Waals surface area contributed by atoms with Crippen LogP contribution in [-0.4, -0.2) is 19.1 Å². The summed E-state index contributed by atoms with van der Waals surface area (Å²) < 4.78 is 4.73. The SMILES string of the molecule is COC(=O)c1ccc(NC2CC3CC=CC32)c(C)c1. The largest absolute Gasteiger partial charge is 0.465 e. The van der Waals surface area contributed by atoms with Crippen molar-refractivity contribution in [3.8, 4) is 0 Å². The van der Waals surface area contributed by atoms with Gasteiger partial charge in [-0.2, -0.15) is 0 Å². The molecule has 1 aromatic rings. The standard InChI is InChI=1S/C16H19NO2/c1-10-8-12(16(18)19-2)6-7-14(10)17-15-9-11-4-3-5-13(11)15/h3,5-8,11,13,15,17H,4,9H2,1-2H3. The van der Waals surface area contributed by atoms with Crippen LogP contribution in [-0.2, 0) is 4.74 Å². The highest BCUT2D eigenvalue weighted by Crippen LogP contribution is 2.44. The van der Waals surface area contributed by atoms with Crippen molar-refractivity contribution in [2.75, 3.05) is 12.4 Å². The van der Waals surface area contributed by atoms with Crippen LogP contribution in [0.25, 0.3) is 0 Å². The number of carbonyl (C=O) groups excluding carboxylic acids is 1.